The van der Waals surface area contributed by atoms with Gasteiger partial charge in [-0.05, 0) is 41.5 Å². The van der Waals surface area contributed by atoms with E-state index in [4.69, 9.17) is 4.74 Å². The molecule has 0 aliphatic heterocycles. The molecule has 3 aromatic rings. The minimum absolute atomic E-state index is 0.0536. The molecule has 0 heterocycles. The van der Waals surface area contributed by atoms with Gasteiger partial charge in [0.25, 0.3) is 5.91 Å². The summed E-state index contributed by atoms with van der Waals surface area (Å²) in [4.78, 5) is 35.8. The van der Waals surface area contributed by atoms with Gasteiger partial charge in [-0.15, -0.1) is 0 Å². The molecule has 0 fully saturated rings. The van der Waals surface area contributed by atoms with Gasteiger partial charge in [-0.2, -0.15) is 0 Å². The van der Waals surface area contributed by atoms with Crippen LogP contribution in [0.3, 0.4) is 0 Å². The number of amides is 1. The van der Waals surface area contributed by atoms with E-state index < -0.39 is 17.8 Å². The number of aromatic carboxylic acids is 1. The van der Waals surface area contributed by atoms with Crippen LogP contribution in [0.25, 0.3) is 11.1 Å². The summed E-state index contributed by atoms with van der Waals surface area (Å²) < 4.78 is 5.70. The van der Waals surface area contributed by atoms with E-state index >= 15 is 0 Å². The Morgan fingerprint density at radius 3 is 2.28 bits per heavy atom. The first-order chi connectivity index (χ1) is 13.8. The van der Waals surface area contributed by atoms with Gasteiger partial charge in [0.05, 0.1) is 16.8 Å². The minimum Gasteiger partial charge on any atom is -0.478 e. The molecule has 1 amide bonds. The van der Waals surface area contributed by atoms with Crippen LogP contribution in [0.2, 0.25) is 0 Å². The average Bonchev–Trinajstić information content (AvgIpc) is 2.69. The number of carboxylic acid groups (broad SMARTS) is 1. The van der Waals surface area contributed by atoms with Crippen LogP contribution in [0.4, 0.5) is 5.69 Å². The van der Waals surface area contributed by atoms with E-state index in [2.05, 4.69) is 21.2 Å². The van der Waals surface area contributed by atoms with E-state index in [0.29, 0.717) is 4.47 Å². The smallest absolute Gasteiger partial charge is 0.337 e. The number of hydrogen-bond donors (Lipinski definition) is 2. The molecule has 0 aromatic heterocycles. The lowest BCUT2D eigenvalue weighted by Crippen LogP contribution is -2.17. The number of ether oxygens (including phenoxy) is 1. The largest absolute Gasteiger partial charge is 0.478 e. The molecule has 0 atom stereocenters. The number of hydrogen-bond acceptors (Lipinski definition) is 4. The summed E-state index contributed by atoms with van der Waals surface area (Å²) in [5.74, 6) is -2.27. The third-order valence-electron chi connectivity index (χ3n) is 4.05. The molecule has 0 bridgehead atoms. The van der Waals surface area contributed by atoms with Crippen LogP contribution in [0.15, 0.2) is 71.2 Å². The van der Waals surface area contributed by atoms with Gasteiger partial charge < -0.3 is 15.2 Å². The van der Waals surface area contributed by atoms with Crippen LogP contribution in [-0.4, -0.2) is 23.0 Å². The van der Waals surface area contributed by atoms with Gasteiger partial charge in [0.15, 0.2) is 0 Å². The zero-order chi connectivity index (χ0) is 21.0. The van der Waals surface area contributed by atoms with Gasteiger partial charge in [0.2, 0.25) is 0 Å². The van der Waals surface area contributed by atoms with Crippen molar-refractivity contribution in [3.05, 3.63) is 82.3 Å². The predicted molar refractivity (Wildman–Crippen MR) is 112 cm³/mol. The highest BCUT2D eigenvalue weighted by Gasteiger charge is 2.19. The number of benzene rings is 3. The molecule has 0 saturated carbocycles. The molecule has 2 N–H and O–H groups in total. The Morgan fingerprint density at radius 2 is 1.62 bits per heavy atom. The van der Waals surface area contributed by atoms with Gasteiger partial charge in [0, 0.05) is 11.4 Å². The number of anilines is 1. The van der Waals surface area contributed by atoms with Crippen molar-refractivity contribution >= 4 is 39.5 Å². The zero-order valence-electron chi connectivity index (χ0n) is 15.3. The molecule has 0 saturated heterocycles. The van der Waals surface area contributed by atoms with Crippen molar-refractivity contribution < 1.29 is 24.2 Å². The van der Waals surface area contributed by atoms with Gasteiger partial charge in [-0.25, -0.2) is 4.79 Å². The SMILES string of the molecule is CC(=O)Oc1ccc(Br)cc1C(=O)Nc1cc(-c2ccccc2)ccc1C(=O)O. The van der Waals surface area contributed by atoms with Gasteiger partial charge in [-0.3, -0.25) is 9.59 Å². The standard InChI is InChI=1S/C22H16BrNO5/c1-13(25)29-20-10-8-16(23)12-18(20)21(26)24-19-11-15(7-9-17(19)22(27)28)14-5-3-2-4-6-14/h2-12H,1H3,(H,24,26)(H,27,28). The first-order valence-electron chi connectivity index (χ1n) is 8.57. The minimum atomic E-state index is -1.17. The van der Waals surface area contributed by atoms with E-state index in [9.17, 15) is 19.5 Å². The highest BCUT2D eigenvalue weighted by atomic mass is 79.9. The lowest BCUT2D eigenvalue weighted by Gasteiger charge is -2.13. The zero-order valence-corrected chi connectivity index (χ0v) is 16.9. The molecule has 0 unspecified atom stereocenters. The quantitative estimate of drug-likeness (QED) is 0.419. The topological polar surface area (TPSA) is 92.7 Å². The van der Waals surface area contributed by atoms with Crippen molar-refractivity contribution in [3.8, 4) is 16.9 Å². The van der Waals surface area contributed by atoms with Gasteiger partial charge >= 0.3 is 11.9 Å². The number of carbonyl (C=O) groups excluding carboxylic acids is 2. The summed E-state index contributed by atoms with van der Waals surface area (Å²) in [5.41, 5.74) is 1.80. The fourth-order valence-corrected chi connectivity index (χ4v) is 3.12. The molecule has 0 radical (unpaired) electrons. The van der Waals surface area contributed by atoms with Crippen molar-refractivity contribution in [1.29, 1.82) is 0 Å². The molecular formula is C22H16BrNO5. The maximum Gasteiger partial charge on any atom is 0.337 e. The Kier molecular flexibility index (Phi) is 6.09. The normalized spacial score (nSPS) is 10.3. The van der Waals surface area contributed by atoms with Crippen LogP contribution in [0, 0.1) is 0 Å². The fourth-order valence-electron chi connectivity index (χ4n) is 2.76. The molecule has 3 aromatic carbocycles. The number of carboxylic acids is 1. The van der Waals surface area contributed by atoms with E-state index in [1.54, 1.807) is 18.2 Å². The Bertz CT molecular complexity index is 1100. The monoisotopic (exact) mass is 453 g/mol. The fraction of sp³-hybridized carbons (Fsp3) is 0.0455. The van der Waals surface area contributed by atoms with E-state index in [1.807, 2.05) is 30.3 Å². The second kappa shape index (κ2) is 8.70. The maximum absolute atomic E-state index is 12.9. The summed E-state index contributed by atoms with van der Waals surface area (Å²) in [6.07, 6.45) is 0. The summed E-state index contributed by atoms with van der Waals surface area (Å²) in [5, 5.41) is 12.1. The van der Waals surface area contributed by atoms with Crippen LogP contribution >= 0.6 is 15.9 Å². The summed E-state index contributed by atoms with van der Waals surface area (Å²) in [6.45, 7) is 1.23. The Balaban J connectivity index is 2.01. The first kappa shape index (κ1) is 20.3. The van der Waals surface area contributed by atoms with Crippen LogP contribution in [0.5, 0.6) is 5.75 Å². The summed E-state index contributed by atoms with van der Waals surface area (Å²) >= 11 is 3.28. The highest BCUT2D eigenvalue weighted by Crippen LogP contribution is 2.28. The Labute approximate surface area is 175 Å². The summed E-state index contributed by atoms with van der Waals surface area (Å²) in [7, 11) is 0. The number of esters is 1. The van der Waals surface area contributed by atoms with Crippen LogP contribution in [-0.2, 0) is 4.79 Å². The second-order valence-corrected chi connectivity index (χ2v) is 7.04. The molecule has 6 nitrogen and oxygen atoms in total. The molecule has 0 aliphatic carbocycles. The lowest BCUT2D eigenvalue weighted by atomic mass is 10.0. The molecule has 0 aliphatic rings. The number of carbonyl (C=O) groups is 3. The predicted octanol–water partition coefficient (Wildman–Crippen LogP) is 4.99. The third-order valence-corrected chi connectivity index (χ3v) is 4.54. The first-order valence-corrected chi connectivity index (χ1v) is 9.36. The molecule has 3 rings (SSSR count). The van der Waals surface area contributed by atoms with Crippen LogP contribution < -0.4 is 10.1 Å². The molecule has 0 spiro atoms. The molecule has 7 heteroatoms. The third kappa shape index (κ3) is 4.89. The Hall–Kier alpha value is -3.45. The Morgan fingerprint density at radius 1 is 0.897 bits per heavy atom. The molecule has 146 valence electrons. The van der Waals surface area contributed by atoms with Crippen molar-refractivity contribution in [3.63, 3.8) is 0 Å². The highest BCUT2D eigenvalue weighted by molar-refractivity contribution is 9.10. The maximum atomic E-state index is 12.9. The van der Waals surface area contributed by atoms with Crippen LogP contribution in [0.1, 0.15) is 27.6 Å². The molecular weight excluding hydrogens is 438 g/mol. The van der Waals surface area contributed by atoms with E-state index in [1.165, 1.54) is 25.1 Å². The lowest BCUT2D eigenvalue weighted by molar-refractivity contribution is -0.131. The van der Waals surface area contributed by atoms with E-state index in [-0.39, 0.29) is 22.6 Å². The van der Waals surface area contributed by atoms with Crippen molar-refractivity contribution in [1.82, 2.24) is 0 Å². The number of rotatable bonds is 5. The van der Waals surface area contributed by atoms with Gasteiger partial charge in [-0.1, -0.05) is 52.3 Å². The average molecular weight is 454 g/mol. The second-order valence-electron chi connectivity index (χ2n) is 6.12. The van der Waals surface area contributed by atoms with E-state index in [0.717, 1.165) is 11.1 Å². The molecule has 29 heavy (non-hydrogen) atoms. The van der Waals surface area contributed by atoms with Crippen molar-refractivity contribution in [2.24, 2.45) is 0 Å². The summed E-state index contributed by atoms with van der Waals surface area (Å²) in [6, 6.07) is 18.7. The van der Waals surface area contributed by atoms with Gasteiger partial charge in [0.1, 0.15) is 5.75 Å². The van der Waals surface area contributed by atoms with Crippen molar-refractivity contribution in [2.45, 2.75) is 6.92 Å². The number of halogens is 1. The number of nitrogens with one attached hydrogen (secondary N) is 1. The van der Waals surface area contributed by atoms with Crippen molar-refractivity contribution in [2.75, 3.05) is 5.32 Å².